The number of ether oxygens (including phenoxy) is 2. The lowest BCUT2D eigenvalue weighted by Crippen LogP contribution is -2.46. The van der Waals surface area contributed by atoms with Gasteiger partial charge in [-0.05, 0) is 37.0 Å². The molecule has 144 valence electrons. The van der Waals surface area contributed by atoms with Gasteiger partial charge in [-0.2, -0.15) is 0 Å². The topological polar surface area (TPSA) is 67.9 Å². The van der Waals surface area contributed by atoms with E-state index in [0.717, 1.165) is 30.6 Å². The van der Waals surface area contributed by atoms with E-state index < -0.39 is 0 Å². The summed E-state index contributed by atoms with van der Waals surface area (Å²) in [6.07, 6.45) is 6.58. The van der Waals surface area contributed by atoms with E-state index >= 15 is 0 Å². The van der Waals surface area contributed by atoms with E-state index in [1.807, 2.05) is 24.3 Å². The third kappa shape index (κ3) is 6.58. The van der Waals surface area contributed by atoms with E-state index in [2.05, 4.69) is 5.32 Å². The molecular weight excluding hydrogens is 332 g/mol. The molecule has 0 atom stereocenters. The number of hydrogen-bond acceptors (Lipinski definition) is 4. The fourth-order valence-corrected chi connectivity index (χ4v) is 3.21. The number of hydrogen-bond donors (Lipinski definition) is 1. The normalized spacial score (nSPS) is 14.5. The molecule has 1 aliphatic carbocycles. The number of carbonyl (C=O) groups excluding carboxylic acids is 2. The molecule has 1 aromatic carbocycles. The molecule has 2 amide bonds. The number of urea groups is 1. The minimum atomic E-state index is -0.301. The van der Waals surface area contributed by atoms with Crippen molar-refractivity contribution in [3.8, 4) is 5.75 Å². The van der Waals surface area contributed by atoms with Crippen LogP contribution in [-0.2, 0) is 16.0 Å². The Kier molecular flexibility index (Phi) is 8.25. The lowest BCUT2D eigenvalue weighted by molar-refractivity contribution is -0.140. The highest BCUT2D eigenvalue weighted by Crippen LogP contribution is 2.18. The van der Waals surface area contributed by atoms with Gasteiger partial charge in [0.2, 0.25) is 0 Å². The van der Waals surface area contributed by atoms with Gasteiger partial charge in [0.1, 0.15) is 5.75 Å². The number of nitrogens with one attached hydrogen (secondary N) is 1. The first-order chi connectivity index (χ1) is 12.6. The van der Waals surface area contributed by atoms with Crippen molar-refractivity contribution in [2.24, 2.45) is 0 Å². The van der Waals surface area contributed by atoms with Crippen molar-refractivity contribution in [2.75, 3.05) is 27.3 Å². The lowest BCUT2D eigenvalue weighted by Gasteiger charge is -2.28. The quantitative estimate of drug-likeness (QED) is 0.722. The molecule has 0 bridgehead atoms. The van der Waals surface area contributed by atoms with Crippen LogP contribution in [0.4, 0.5) is 4.79 Å². The van der Waals surface area contributed by atoms with E-state index in [9.17, 15) is 9.59 Å². The SMILES string of the molecule is COC(=O)CCN(CCc1ccc(OC)cc1)C(=O)NC1CCCCC1. The summed E-state index contributed by atoms with van der Waals surface area (Å²) in [7, 11) is 3.01. The van der Waals surface area contributed by atoms with E-state index in [1.165, 1.54) is 26.4 Å². The van der Waals surface area contributed by atoms with Crippen molar-refractivity contribution in [3.63, 3.8) is 0 Å². The minimum absolute atomic E-state index is 0.0886. The summed E-state index contributed by atoms with van der Waals surface area (Å²) in [5, 5.41) is 3.13. The summed E-state index contributed by atoms with van der Waals surface area (Å²) < 4.78 is 9.88. The monoisotopic (exact) mass is 362 g/mol. The Balaban J connectivity index is 1.92. The van der Waals surface area contributed by atoms with Gasteiger partial charge < -0.3 is 19.7 Å². The van der Waals surface area contributed by atoms with Gasteiger partial charge in [-0.25, -0.2) is 4.79 Å². The van der Waals surface area contributed by atoms with E-state index in [1.54, 1.807) is 12.0 Å². The number of rotatable bonds is 8. The van der Waals surface area contributed by atoms with Crippen LogP contribution in [-0.4, -0.2) is 50.3 Å². The fraction of sp³-hybridized carbons (Fsp3) is 0.600. The average Bonchev–Trinajstić information content (AvgIpc) is 2.68. The molecule has 0 aromatic heterocycles. The van der Waals surface area contributed by atoms with E-state index in [0.29, 0.717) is 13.1 Å². The summed E-state index contributed by atoms with van der Waals surface area (Å²) in [5.41, 5.74) is 1.12. The highest BCUT2D eigenvalue weighted by molar-refractivity contribution is 5.76. The number of carbonyl (C=O) groups is 2. The zero-order valence-corrected chi connectivity index (χ0v) is 15.8. The van der Waals surface area contributed by atoms with Crippen molar-refractivity contribution in [3.05, 3.63) is 29.8 Å². The molecule has 1 saturated carbocycles. The molecule has 0 unspecified atom stereocenters. The molecular formula is C20H30N2O4. The molecule has 2 rings (SSSR count). The van der Waals surface area contributed by atoms with Crippen molar-refractivity contribution < 1.29 is 19.1 Å². The molecule has 1 fully saturated rings. The number of esters is 1. The molecule has 0 radical (unpaired) electrons. The number of benzene rings is 1. The Morgan fingerprint density at radius 3 is 2.38 bits per heavy atom. The Morgan fingerprint density at radius 2 is 1.77 bits per heavy atom. The zero-order chi connectivity index (χ0) is 18.8. The molecule has 6 heteroatoms. The molecule has 0 aliphatic heterocycles. The first-order valence-electron chi connectivity index (χ1n) is 9.37. The molecule has 1 aromatic rings. The maximum atomic E-state index is 12.7. The summed E-state index contributed by atoms with van der Waals surface area (Å²) in [6, 6.07) is 7.98. The van der Waals surface area contributed by atoms with Gasteiger partial charge in [0, 0.05) is 19.1 Å². The van der Waals surface area contributed by atoms with Crippen LogP contribution >= 0.6 is 0 Å². The van der Waals surface area contributed by atoms with Crippen LogP contribution in [0.3, 0.4) is 0 Å². The van der Waals surface area contributed by atoms with Crippen molar-refractivity contribution in [1.29, 1.82) is 0 Å². The third-order valence-electron chi connectivity index (χ3n) is 4.86. The Morgan fingerprint density at radius 1 is 1.08 bits per heavy atom. The lowest BCUT2D eigenvalue weighted by atomic mass is 9.96. The average molecular weight is 362 g/mol. The molecule has 26 heavy (non-hydrogen) atoms. The zero-order valence-electron chi connectivity index (χ0n) is 15.8. The van der Waals surface area contributed by atoms with Crippen molar-refractivity contribution in [1.82, 2.24) is 10.2 Å². The standard InChI is InChI=1S/C20H30N2O4/c1-25-18-10-8-16(9-11-18)12-14-22(15-13-19(23)26-2)20(24)21-17-6-4-3-5-7-17/h8-11,17H,3-7,12-15H2,1-2H3,(H,21,24). The van der Waals surface area contributed by atoms with Crippen LogP contribution < -0.4 is 10.1 Å². The van der Waals surface area contributed by atoms with Crippen LogP contribution in [0.2, 0.25) is 0 Å². The van der Waals surface area contributed by atoms with Crippen LogP contribution in [0.5, 0.6) is 5.75 Å². The van der Waals surface area contributed by atoms with Gasteiger partial charge in [0.05, 0.1) is 20.6 Å². The predicted molar refractivity (Wildman–Crippen MR) is 100 cm³/mol. The minimum Gasteiger partial charge on any atom is -0.497 e. The molecule has 6 nitrogen and oxygen atoms in total. The third-order valence-corrected chi connectivity index (χ3v) is 4.86. The summed E-state index contributed by atoms with van der Waals surface area (Å²) in [5.74, 6) is 0.510. The second-order valence-electron chi connectivity index (χ2n) is 6.70. The fourth-order valence-electron chi connectivity index (χ4n) is 3.21. The van der Waals surface area contributed by atoms with Crippen LogP contribution in [0.25, 0.3) is 0 Å². The molecule has 1 aliphatic rings. The predicted octanol–water partition coefficient (Wildman–Crippen LogP) is 3.15. The first-order valence-corrected chi connectivity index (χ1v) is 9.37. The van der Waals surface area contributed by atoms with Gasteiger partial charge in [-0.15, -0.1) is 0 Å². The Hall–Kier alpha value is -2.24. The second-order valence-corrected chi connectivity index (χ2v) is 6.70. The summed E-state index contributed by atoms with van der Waals surface area (Å²) >= 11 is 0. The van der Waals surface area contributed by atoms with Crippen LogP contribution in [0, 0.1) is 0 Å². The van der Waals surface area contributed by atoms with Gasteiger partial charge in [-0.3, -0.25) is 4.79 Å². The van der Waals surface area contributed by atoms with Crippen molar-refractivity contribution >= 4 is 12.0 Å². The molecule has 1 N–H and O–H groups in total. The molecule has 0 heterocycles. The highest BCUT2D eigenvalue weighted by atomic mass is 16.5. The largest absolute Gasteiger partial charge is 0.497 e. The van der Waals surface area contributed by atoms with Gasteiger partial charge in [-0.1, -0.05) is 31.4 Å². The van der Waals surface area contributed by atoms with Gasteiger partial charge in [0.15, 0.2) is 0 Å². The first kappa shape index (κ1) is 20.1. The van der Waals surface area contributed by atoms with E-state index in [-0.39, 0.29) is 24.5 Å². The van der Waals surface area contributed by atoms with E-state index in [4.69, 9.17) is 9.47 Å². The Labute approximate surface area is 155 Å². The number of nitrogens with zero attached hydrogens (tertiary/aromatic N) is 1. The van der Waals surface area contributed by atoms with Gasteiger partial charge >= 0.3 is 12.0 Å². The number of methoxy groups -OCH3 is 2. The Bertz CT molecular complexity index is 568. The highest BCUT2D eigenvalue weighted by Gasteiger charge is 2.20. The number of amides is 2. The van der Waals surface area contributed by atoms with Crippen molar-refractivity contribution in [2.45, 2.75) is 51.0 Å². The molecule has 0 saturated heterocycles. The second kappa shape index (κ2) is 10.7. The molecule has 0 spiro atoms. The summed E-state index contributed by atoms with van der Waals surface area (Å²) in [6.45, 7) is 0.920. The maximum absolute atomic E-state index is 12.7. The van der Waals surface area contributed by atoms with Crippen LogP contribution in [0.1, 0.15) is 44.1 Å². The van der Waals surface area contributed by atoms with Crippen LogP contribution in [0.15, 0.2) is 24.3 Å². The summed E-state index contributed by atoms with van der Waals surface area (Å²) in [4.78, 5) is 25.9. The smallest absolute Gasteiger partial charge is 0.317 e. The maximum Gasteiger partial charge on any atom is 0.317 e. The van der Waals surface area contributed by atoms with Gasteiger partial charge in [0.25, 0.3) is 0 Å².